The lowest BCUT2D eigenvalue weighted by atomic mass is 10.1. The van der Waals surface area contributed by atoms with E-state index in [0.29, 0.717) is 50.3 Å². The topological polar surface area (TPSA) is 130 Å². The molecule has 3 heterocycles. The van der Waals surface area contributed by atoms with Crippen LogP contribution in [0.4, 0.5) is 20.2 Å². The molecule has 0 amide bonds. The standard InChI is InChI=1S/C28H27F2N5O6/c1-41-26-23-18(25(36)19(28(38)39)14-35(23)16-3-4-16)13-20(30)24(26)33-9-6-32(7-10-33)8-11-34-21-5-2-15(29)12-17(21)22(31-40)27(34)37/h2,5,12-14,16,37H,3-4,6-11H2,1H3,(H,38,39). The fourth-order valence-corrected chi connectivity index (χ4v) is 5.77. The first kappa shape index (κ1) is 26.7. The number of nitroso groups, excluding NO2 is 1. The molecule has 0 bridgehead atoms. The van der Waals surface area contributed by atoms with Crippen molar-refractivity contribution in [2.45, 2.75) is 25.4 Å². The molecule has 11 nitrogen and oxygen atoms in total. The van der Waals surface area contributed by atoms with E-state index >= 15 is 4.39 Å². The molecule has 1 saturated heterocycles. The average Bonchev–Trinajstić information content (AvgIpc) is 3.76. The van der Waals surface area contributed by atoms with Gasteiger partial charge in [0, 0.05) is 56.9 Å². The molecule has 0 radical (unpaired) electrons. The molecule has 0 atom stereocenters. The van der Waals surface area contributed by atoms with Crippen molar-refractivity contribution in [2.75, 3.05) is 44.7 Å². The molecule has 2 aromatic heterocycles. The van der Waals surface area contributed by atoms with Gasteiger partial charge >= 0.3 is 5.97 Å². The first-order chi connectivity index (χ1) is 19.7. The Balaban J connectivity index is 1.26. The van der Waals surface area contributed by atoms with Gasteiger partial charge in [0.15, 0.2) is 17.3 Å². The zero-order valence-electron chi connectivity index (χ0n) is 22.1. The fraction of sp³-hybridized carbons (Fsp3) is 0.357. The molecule has 2 aliphatic rings. The number of nitrogens with zero attached hydrogens (tertiary/aromatic N) is 5. The van der Waals surface area contributed by atoms with Crippen molar-refractivity contribution < 1.29 is 28.5 Å². The minimum Gasteiger partial charge on any atom is -0.493 e. The molecular formula is C28H27F2N5O6. The molecule has 4 aromatic rings. The third-order valence-corrected chi connectivity index (χ3v) is 7.96. The third kappa shape index (κ3) is 4.46. The van der Waals surface area contributed by atoms with Crippen LogP contribution in [-0.2, 0) is 6.54 Å². The van der Waals surface area contributed by atoms with Gasteiger partial charge in [-0.25, -0.2) is 13.6 Å². The summed E-state index contributed by atoms with van der Waals surface area (Å²) in [7, 11) is 1.41. The van der Waals surface area contributed by atoms with Crippen LogP contribution in [0.3, 0.4) is 0 Å². The van der Waals surface area contributed by atoms with Crippen LogP contribution in [0.1, 0.15) is 29.2 Å². The molecule has 2 N–H and O–H groups in total. The summed E-state index contributed by atoms with van der Waals surface area (Å²) >= 11 is 0. The third-order valence-electron chi connectivity index (χ3n) is 7.96. The molecule has 1 aliphatic heterocycles. The Morgan fingerprint density at radius 3 is 2.46 bits per heavy atom. The molecule has 41 heavy (non-hydrogen) atoms. The summed E-state index contributed by atoms with van der Waals surface area (Å²) in [5.41, 5.74) is -0.273. The fourth-order valence-electron chi connectivity index (χ4n) is 5.77. The normalized spacial score (nSPS) is 16.0. The number of aromatic nitrogens is 2. The minimum absolute atomic E-state index is 0.00728. The van der Waals surface area contributed by atoms with Crippen LogP contribution in [0.5, 0.6) is 11.6 Å². The summed E-state index contributed by atoms with van der Waals surface area (Å²) in [6.07, 6.45) is 2.96. The number of carboxylic acids is 1. The van der Waals surface area contributed by atoms with E-state index in [1.54, 1.807) is 4.57 Å². The minimum atomic E-state index is -1.36. The van der Waals surface area contributed by atoms with Crippen molar-refractivity contribution in [3.63, 3.8) is 0 Å². The Kier molecular flexibility index (Phi) is 6.60. The predicted octanol–water partition coefficient (Wildman–Crippen LogP) is 4.20. The van der Waals surface area contributed by atoms with E-state index in [0.717, 1.165) is 25.0 Å². The van der Waals surface area contributed by atoms with Crippen LogP contribution >= 0.6 is 0 Å². The van der Waals surface area contributed by atoms with Gasteiger partial charge < -0.3 is 29.0 Å². The predicted molar refractivity (Wildman–Crippen MR) is 148 cm³/mol. The van der Waals surface area contributed by atoms with Crippen molar-refractivity contribution in [3.05, 3.63) is 62.8 Å². The maximum atomic E-state index is 15.6. The maximum Gasteiger partial charge on any atom is 0.341 e. The lowest BCUT2D eigenvalue weighted by Gasteiger charge is -2.37. The molecule has 6 rings (SSSR count). The second kappa shape index (κ2) is 10.1. The Morgan fingerprint density at radius 2 is 1.83 bits per heavy atom. The number of fused-ring (bicyclic) bond motifs is 2. The van der Waals surface area contributed by atoms with Crippen molar-refractivity contribution in [1.29, 1.82) is 0 Å². The molecule has 2 aromatic carbocycles. The summed E-state index contributed by atoms with van der Waals surface area (Å²) in [4.78, 5) is 39.9. The van der Waals surface area contributed by atoms with Gasteiger partial charge in [-0.15, -0.1) is 4.91 Å². The molecule has 1 saturated carbocycles. The van der Waals surface area contributed by atoms with Gasteiger partial charge in [0.25, 0.3) is 0 Å². The van der Waals surface area contributed by atoms with Gasteiger partial charge in [0.2, 0.25) is 11.3 Å². The number of rotatable bonds is 8. The number of anilines is 1. The molecule has 214 valence electrons. The highest BCUT2D eigenvalue weighted by molar-refractivity contribution is 5.97. The van der Waals surface area contributed by atoms with E-state index in [1.165, 1.54) is 30.0 Å². The summed E-state index contributed by atoms with van der Waals surface area (Å²) < 4.78 is 38.3. The van der Waals surface area contributed by atoms with E-state index in [1.807, 2.05) is 4.90 Å². The monoisotopic (exact) mass is 567 g/mol. The number of aromatic carboxylic acids is 1. The van der Waals surface area contributed by atoms with Crippen molar-refractivity contribution in [3.8, 4) is 11.6 Å². The number of methoxy groups -OCH3 is 1. The Morgan fingerprint density at radius 1 is 1.10 bits per heavy atom. The molecule has 2 fully saturated rings. The van der Waals surface area contributed by atoms with E-state index < -0.39 is 28.6 Å². The number of carboxylic acid groups (broad SMARTS) is 1. The Bertz CT molecular complexity index is 1770. The summed E-state index contributed by atoms with van der Waals surface area (Å²) in [6.45, 7) is 2.77. The van der Waals surface area contributed by atoms with Crippen molar-refractivity contribution >= 4 is 39.1 Å². The molecule has 13 heteroatoms. The quantitative estimate of drug-likeness (QED) is 0.303. The maximum absolute atomic E-state index is 15.6. The molecule has 0 spiro atoms. The number of pyridine rings is 1. The number of ether oxygens (including phenoxy) is 1. The lowest BCUT2D eigenvalue weighted by Crippen LogP contribution is -2.47. The van der Waals surface area contributed by atoms with E-state index in [-0.39, 0.29) is 39.8 Å². The Labute approximate surface area is 231 Å². The number of carbonyl (C=O) groups is 1. The van der Waals surface area contributed by atoms with Gasteiger partial charge in [0.05, 0.1) is 23.5 Å². The molecule has 0 unspecified atom stereocenters. The first-order valence-electron chi connectivity index (χ1n) is 13.2. The number of benzene rings is 2. The SMILES string of the molecule is COc1c(N2CCN(CCn3c(O)c(N=O)c4cc(F)ccc43)CC2)c(F)cc2c(=O)c(C(=O)O)cn(C3CC3)c12. The largest absolute Gasteiger partial charge is 0.493 e. The highest BCUT2D eigenvalue weighted by atomic mass is 19.1. The Hall–Kier alpha value is -4.52. The number of hydrogen-bond donors (Lipinski definition) is 2. The first-order valence-corrected chi connectivity index (χ1v) is 13.2. The van der Waals surface area contributed by atoms with Crippen molar-refractivity contribution in [1.82, 2.24) is 14.0 Å². The summed E-state index contributed by atoms with van der Waals surface area (Å²) in [5.74, 6) is -2.70. The molecular weight excluding hydrogens is 540 g/mol. The van der Waals surface area contributed by atoms with Crippen LogP contribution in [0.2, 0.25) is 0 Å². The van der Waals surface area contributed by atoms with E-state index in [9.17, 15) is 29.1 Å². The zero-order valence-corrected chi connectivity index (χ0v) is 22.1. The van der Waals surface area contributed by atoms with Gasteiger partial charge in [-0.05, 0) is 42.3 Å². The number of piperazine rings is 1. The summed E-state index contributed by atoms with van der Waals surface area (Å²) in [5, 5.41) is 23.2. The van der Waals surface area contributed by atoms with Gasteiger partial charge in [-0.3, -0.25) is 9.69 Å². The van der Waals surface area contributed by atoms with Crippen molar-refractivity contribution in [2.24, 2.45) is 5.18 Å². The number of hydrogen-bond acceptors (Lipinski definition) is 8. The van der Waals surface area contributed by atoms with Crippen LogP contribution in [0, 0.1) is 16.5 Å². The van der Waals surface area contributed by atoms with Crippen LogP contribution in [-0.4, -0.2) is 70.1 Å². The number of aromatic hydroxyl groups is 1. The van der Waals surface area contributed by atoms with Gasteiger partial charge in [0.1, 0.15) is 17.1 Å². The van der Waals surface area contributed by atoms with Gasteiger partial charge in [-0.2, -0.15) is 0 Å². The van der Waals surface area contributed by atoms with E-state index in [2.05, 4.69) is 10.1 Å². The highest BCUT2D eigenvalue weighted by Gasteiger charge is 2.32. The van der Waals surface area contributed by atoms with Crippen LogP contribution < -0.4 is 15.1 Å². The zero-order chi connectivity index (χ0) is 29.0. The second-order valence-corrected chi connectivity index (χ2v) is 10.4. The summed E-state index contributed by atoms with van der Waals surface area (Å²) in [6, 6.07) is 5.02. The average molecular weight is 568 g/mol. The number of halogens is 2. The van der Waals surface area contributed by atoms with Gasteiger partial charge in [-0.1, -0.05) is 0 Å². The van der Waals surface area contributed by atoms with Crippen LogP contribution in [0.15, 0.2) is 40.4 Å². The van der Waals surface area contributed by atoms with E-state index in [4.69, 9.17) is 4.74 Å². The highest BCUT2D eigenvalue weighted by Crippen LogP contribution is 2.44. The van der Waals surface area contributed by atoms with Crippen LogP contribution in [0.25, 0.3) is 21.8 Å². The molecule has 1 aliphatic carbocycles. The second-order valence-electron chi connectivity index (χ2n) is 10.4. The smallest absolute Gasteiger partial charge is 0.341 e. The lowest BCUT2D eigenvalue weighted by molar-refractivity contribution is 0.0694.